The number of nitrogens with zero attached hydrogens (tertiary/aromatic N) is 4. The van der Waals surface area contributed by atoms with E-state index >= 15 is 0 Å². The number of aromatic nitrogens is 4. The molecule has 25 heavy (non-hydrogen) atoms. The molecule has 0 radical (unpaired) electrons. The van der Waals surface area contributed by atoms with Crippen molar-refractivity contribution in [2.75, 3.05) is 11.1 Å². The topological polar surface area (TPSA) is 142 Å². The van der Waals surface area contributed by atoms with Crippen LogP contribution >= 0.6 is 0 Å². The van der Waals surface area contributed by atoms with Crippen LogP contribution in [0, 0.1) is 0 Å². The molecule has 2 aromatic heterocycles. The summed E-state index contributed by atoms with van der Waals surface area (Å²) < 4.78 is 1.38. The maximum atomic E-state index is 12.2. The Morgan fingerprint density at radius 2 is 1.84 bits per heavy atom. The van der Waals surface area contributed by atoms with Crippen molar-refractivity contribution in [3.05, 3.63) is 66.4 Å². The molecule has 0 fully saturated rings. The first-order valence-corrected chi connectivity index (χ1v) is 7.32. The molecule has 0 saturated carbocycles. The molecule has 1 atom stereocenters. The third kappa shape index (κ3) is 3.44. The number of rotatable bonds is 5. The number of nitrogens with one attached hydrogen (secondary N) is 1. The molecule has 0 spiro atoms. The molecular weight excluding hydrogens is 322 g/mol. The Morgan fingerprint density at radius 1 is 1.12 bits per heavy atom. The number of nitrogen functional groups attached to an aromatic ring is 1. The number of hydrogen-bond donors (Lipinski definition) is 3. The first-order chi connectivity index (χ1) is 12.1. The standard InChI is InChI=1S/C16H15N7O2/c17-14-12(19-6-7-20-14)16(25)22-11-8-21-23(9-11)13(15(18)24)10-4-2-1-3-5-10/h1-9,13H,(H2,17,20)(H2,18,24)(H,22,25). The molecular formula is C16H15N7O2. The molecule has 0 saturated heterocycles. The van der Waals surface area contributed by atoms with Crippen LogP contribution < -0.4 is 16.8 Å². The largest absolute Gasteiger partial charge is 0.382 e. The summed E-state index contributed by atoms with van der Waals surface area (Å²) in [5, 5.41) is 6.72. The lowest BCUT2D eigenvalue weighted by Crippen LogP contribution is -2.27. The van der Waals surface area contributed by atoms with Crippen LogP contribution in [0.15, 0.2) is 55.1 Å². The van der Waals surface area contributed by atoms with Gasteiger partial charge in [0.05, 0.1) is 11.9 Å². The zero-order valence-electron chi connectivity index (χ0n) is 13.0. The fraction of sp³-hybridized carbons (Fsp3) is 0.0625. The average molecular weight is 337 g/mol. The van der Waals surface area contributed by atoms with Gasteiger partial charge in [0.1, 0.15) is 0 Å². The molecule has 0 bridgehead atoms. The van der Waals surface area contributed by atoms with E-state index < -0.39 is 17.9 Å². The van der Waals surface area contributed by atoms with Crippen molar-refractivity contribution in [1.29, 1.82) is 0 Å². The summed E-state index contributed by atoms with van der Waals surface area (Å²) in [6.45, 7) is 0. The van der Waals surface area contributed by atoms with Gasteiger partial charge in [0.25, 0.3) is 5.91 Å². The number of anilines is 2. The molecule has 0 aliphatic heterocycles. The third-order valence-corrected chi connectivity index (χ3v) is 3.45. The number of carbonyl (C=O) groups excluding carboxylic acids is 2. The Labute approximate surface area is 142 Å². The lowest BCUT2D eigenvalue weighted by Gasteiger charge is -2.14. The number of hydrogen-bond acceptors (Lipinski definition) is 6. The van der Waals surface area contributed by atoms with Gasteiger partial charge in [0.2, 0.25) is 5.91 Å². The predicted molar refractivity (Wildman–Crippen MR) is 90.4 cm³/mol. The first-order valence-electron chi connectivity index (χ1n) is 7.32. The van der Waals surface area contributed by atoms with Crippen LogP contribution in [0.2, 0.25) is 0 Å². The fourth-order valence-electron chi connectivity index (χ4n) is 2.34. The first kappa shape index (κ1) is 16.1. The van der Waals surface area contributed by atoms with E-state index in [0.29, 0.717) is 11.3 Å². The Balaban J connectivity index is 1.83. The summed E-state index contributed by atoms with van der Waals surface area (Å²) in [5.41, 5.74) is 12.2. The van der Waals surface area contributed by atoms with Gasteiger partial charge in [-0.3, -0.25) is 14.3 Å². The summed E-state index contributed by atoms with van der Waals surface area (Å²) in [5.74, 6) is -1.07. The molecule has 5 N–H and O–H groups in total. The minimum Gasteiger partial charge on any atom is -0.382 e. The Bertz CT molecular complexity index is 908. The van der Waals surface area contributed by atoms with Crippen LogP contribution in [0.4, 0.5) is 11.5 Å². The molecule has 2 amide bonds. The SMILES string of the molecule is NC(=O)C(c1ccccc1)n1cc(NC(=O)c2nccnc2N)cn1. The highest BCUT2D eigenvalue weighted by Crippen LogP contribution is 2.19. The van der Waals surface area contributed by atoms with E-state index in [1.54, 1.807) is 24.3 Å². The van der Waals surface area contributed by atoms with Gasteiger partial charge in [-0.25, -0.2) is 9.97 Å². The fourth-order valence-corrected chi connectivity index (χ4v) is 2.34. The smallest absolute Gasteiger partial charge is 0.278 e. The third-order valence-electron chi connectivity index (χ3n) is 3.45. The van der Waals surface area contributed by atoms with Crippen LogP contribution in [-0.4, -0.2) is 31.6 Å². The monoisotopic (exact) mass is 337 g/mol. The molecule has 1 aromatic carbocycles. The Kier molecular flexibility index (Phi) is 4.38. The minimum atomic E-state index is -0.784. The van der Waals surface area contributed by atoms with Crippen molar-refractivity contribution < 1.29 is 9.59 Å². The van der Waals surface area contributed by atoms with Crippen molar-refractivity contribution in [2.45, 2.75) is 6.04 Å². The second-order valence-electron chi connectivity index (χ2n) is 5.17. The van der Waals surface area contributed by atoms with Crippen LogP contribution in [0.25, 0.3) is 0 Å². The normalized spacial score (nSPS) is 11.7. The average Bonchev–Trinajstić information content (AvgIpc) is 3.04. The Hall–Kier alpha value is -3.75. The van der Waals surface area contributed by atoms with E-state index in [-0.39, 0.29) is 11.5 Å². The van der Waals surface area contributed by atoms with E-state index in [9.17, 15) is 9.59 Å². The molecule has 126 valence electrons. The van der Waals surface area contributed by atoms with E-state index in [4.69, 9.17) is 11.5 Å². The molecule has 0 aliphatic rings. The van der Waals surface area contributed by atoms with E-state index in [1.165, 1.54) is 29.5 Å². The summed E-state index contributed by atoms with van der Waals surface area (Å²) in [7, 11) is 0. The highest BCUT2D eigenvalue weighted by atomic mass is 16.2. The molecule has 1 unspecified atom stereocenters. The van der Waals surface area contributed by atoms with Crippen LogP contribution in [-0.2, 0) is 4.79 Å². The number of carbonyl (C=O) groups is 2. The molecule has 2 heterocycles. The van der Waals surface area contributed by atoms with Gasteiger partial charge in [-0.1, -0.05) is 30.3 Å². The lowest BCUT2D eigenvalue weighted by atomic mass is 10.1. The van der Waals surface area contributed by atoms with Gasteiger partial charge >= 0.3 is 0 Å². The van der Waals surface area contributed by atoms with Crippen molar-refractivity contribution in [1.82, 2.24) is 19.7 Å². The van der Waals surface area contributed by atoms with Crippen molar-refractivity contribution >= 4 is 23.3 Å². The van der Waals surface area contributed by atoms with Crippen LogP contribution in [0.5, 0.6) is 0 Å². The van der Waals surface area contributed by atoms with Gasteiger partial charge in [-0.05, 0) is 5.56 Å². The summed E-state index contributed by atoms with van der Waals surface area (Å²) in [6.07, 6.45) is 5.67. The van der Waals surface area contributed by atoms with E-state index in [2.05, 4.69) is 20.4 Å². The molecule has 3 rings (SSSR count). The minimum absolute atomic E-state index is 0.00441. The number of nitrogens with two attached hydrogens (primary N) is 2. The molecule has 0 aliphatic carbocycles. The maximum Gasteiger partial charge on any atom is 0.278 e. The van der Waals surface area contributed by atoms with Gasteiger partial charge in [0, 0.05) is 18.6 Å². The summed E-state index contributed by atoms with van der Waals surface area (Å²) in [4.78, 5) is 31.7. The summed E-state index contributed by atoms with van der Waals surface area (Å²) in [6, 6.07) is 8.20. The zero-order valence-corrected chi connectivity index (χ0v) is 13.0. The predicted octanol–water partition coefficient (Wildman–Crippen LogP) is 0.582. The van der Waals surface area contributed by atoms with E-state index in [0.717, 1.165) is 0 Å². The van der Waals surface area contributed by atoms with Crippen LogP contribution in [0.3, 0.4) is 0 Å². The number of amides is 2. The van der Waals surface area contributed by atoms with Gasteiger partial charge < -0.3 is 16.8 Å². The lowest BCUT2D eigenvalue weighted by molar-refractivity contribution is -0.120. The second kappa shape index (κ2) is 6.79. The number of benzene rings is 1. The van der Waals surface area contributed by atoms with Gasteiger partial charge in [-0.2, -0.15) is 5.10 Å². The maximum absolute atomic E-state index is 12.2. The van der Waals surface area contributed by atoms with Gasteiger partial charge in [-0.15, -0.1) is 0 Å². The second-order valence-corrected chi connectivity index (χ2v) is 5.17. The van der Waals surface area contributed by atoms with Crippen molar-refractivity contribution in [3.63, 3.8) is 0 Å². The van der Waals surface area contributed by atoms with Gasteiger partial charge in [0.15, 0.2) is 17.6 Å². The summed E-state index contributed by atoms with van der Waals surface area (Å²) >= 11 is 0. The highest BCUT2D eigenvalue weighted by Gasteiger charge is 2.21. The Morgan fingerprint density at radius 3 is 2.52 bits per heavy atom. The zero-order chi connectivity index (χ0) is 17.8. The van der Waals surface area contributed by atoms with E-state index in [1.807, 2.05) is 6.07 Å². The van der Waals surface area contributed by atoms with Crippen LogP contribution in [0.1, 0.15) is 22.1 Å². The van der Waals surface area contributed by atoms with Crippen molar-refractivity contribution in [2.24, 2.45) is 5.73 Å². The molecule has 9 nitrogen and oxygen atoms in total. The highest BCUT2D eigenvalue weighted by molar-refractivity contribution is 6.05. The molecule has 9 heteroatoms. The van der Waals surface area contributed by atoms with Crippen molar-refractivity contribution in [3.8, 4) is 0 Å². The number of primary amides is 1. The quantitative estimate of drug-likeness (QED) is 0.622. The molecule has 3 aromatic rings.